The molecule has 25 heavy (non-hydrogen) atoms. The number of benzene rings is 1. The van der Waals surface area contributed by atoms with Crippen molar-refractivity contribution in [1.82, 2.24) is 9.80 Å². The van der Waals surface area contributed by atoms with Crippen molar-refractivity contribution >= 4 is 34.8 Å². The number of carbonyl (C=O) groups excluding carboxylic acids is 2. The van der Waals surface area contributed by atoms with Gasteiger partial charge in [0.05, 0.1) is 10.8 Å². The Morgan fingerprint density at radius 3 is 2.80 bits per heavy atom. The molecule has 132 valence electrons. The summed E-state index contributed by atoms with van der Waals surface area (Å²) < 4.78 is 0. The third-order valence-corrected chi connectivity index (χ3v) is 5.76. The molecule has 1 fully saturated rings. The molecule has 1 aliphatic rings. The van der Waals surface area contributed by atoms with Crippen molar-refractivity contribution in [1.29, 1.82) is 0 Å². The zero-order chi connectivity index (χ0) is 17.8. The zero-order valence-corrected chi connectivity index (χ0v) is 15.7. The molecule has 0 aliphatic carbocycles. The molecular weight excluding hydrogens is 356 g/mol. The van der Waals surface area contributed by atoms with Crippen LogP contribution in [-0.2, 0) is 11.3 Å². The fraction of sp³-hybridized carbons (Fsp3) is 0.368. The molecule has 0 spiro atoms. The lowest BCUT2D eigenvalue weighted by atomic mass is 9.96. The van der Waals surface area contributed by atoms with E-state index in [-0.39, 0.29) is 17.7 Å². The number of halogens is 1. The van der Waals surface area contributed by atoms with Crippen LogP contribution in [0.5, 0.6) is 0 Å². The van der Waals surface area contributed by atoms with E-state index in [2.05, 4.69) is 0 Å². The fourth-order valence-corrected chi connectivity index (χ4v) is 4.08. The Labute approximate surface area is 157 Å². The van der Waals surface area contributed by atoms with Crippen LogP contribution in [0.25, 0.3) is 0 Å². The van der Waals surface area contributed by atoms with E-state index in [1.165, 1.54) is 11.3 Å². The van der Waals surface area contributed by atoms with Crippen LogP contribution in [0.2, 0.25) is 5.02 Å². The maximum Gasteiger partial charge on any atom is 0.263 e. The first kappa shape index (κ1) is 18.0. The standard InChI is InChI=1S/C19H21ClN2O2S/c1-21(12-14-6-2-3-8-16(14)20)18(23)15-7-4-10-22(13-15)19(24)17-9-5-11-25-17/h2-3,5-6,8-9,11,15H,4,7,10,12-13H2,1H3. The molecule has 1 aliphatic heterocycles. The quantitative estimate of drug-likeness (QED) is 0.811. The molecule has 4 nitrogen and oxygen atoms in total. The van der Waals surface area contributed by atoms with Gasteiger partial charge in [-0.15, -0.1) is 11.3 Å². The first-order chi connectivity index (χ1) is 12.1. The molecule has 2 heterocycles. The maximum atomic E-state index is 12.8. The summed E-state index contributed by atoms with van der Waals surface area (Å²) in [7, 11) is 1.80. The molecule has 0 bridgehead atoms. The van der Waals surface area contributed by atoms with Gasteiger partial charge in [-0.2, -0.15) is 0 Å². The molecule has 1 aromatic carbocycles. The summed E-state index contributed by atoms with van der Waals surface area (Å²) in [4.78, 5) is 29.6. The van der Waals surface area contributed by atoms with Crippen molar-refractivity contribution in [2.45, 2.75) is 19.4 Å². The van der Waals surface area contributed by atoms with Gasteiger partial charge in [0.15, 0.2) is 0 Å². The van der Waals surface area contributed by atoms with Crippen LogP contribution >= 0.6 is 22.9 Å². The molecule has 0 saturated carbocycles. The molecule has 3 rings (SSSR count). The normalized spacial score (nSPS) is 17.4. The SMILES string of the molecule is CN(Cc1ccccc1Cl)C(=O)C1CCCN(C(=O)c2cccs2)C1. The summed E-state index contributed by atoms with van der Waals surface area (Å²) in [6.07, 6.45) is 1.67. The monoisotopic (exact) mass is 376 g/mol. The van der Waals surface area contributed by atoms with Crippen LogP contribution < -0.4 is 0 Å². The second kappa shape index (κ2) is 8.02. The molecule has 1 saturated heterocycles. The summed E-state index contributed by atoms with van der Waals surface area (Å²) in [5.74, 6) is -0.0463. The van der Waals surface area contributed by atoms with E-state index >= 15 is 0 Å². The van der Waals surface area contributed by atoms with Gasteiger partial charge in [0.2, 0.25) is 5.91 Å². The molecule has 1 atom stereocenters. The number of amides is 2. The molecule has 6 heteroatoms. The van der Waals surface area contributed by atoms with Crippen LogP contribution in [0.1, 0.15) is 28.1 Å². The highest BCUT2D eigenvalue weighted by Crippen LogP contribution is 2.23. The Hall–Kier alpha value is -1.85. The van der Waals surface area contributed by atoms with Crippen molar-refractivity contribution in [2.75, 3.05) is 20.1 Å². The first-order valence-corrected chi connectivity index (χ1v) is 9.63. The number of hydrogen-bond acceptors (Lipinski definition) is 3. The van der Waals surface area contributed by atoms with Gasteiger partial charge in [-0.25, -0.2) is 0 Å². The minimum Gasteiger partial charge on any atom is -0.341 e. The highest BCUT2D eigenvalue weighted by molar-refractivity contribution is 7.12. The topological polar surface area (TPSA) is 40.6 Å². The third-order valence-electron chi connectivity index (χ3n) is 4.53. The van der Waals surface area contributed by atoms with Crippen molar-refractivity contribution in [2.24, 2.45) is 5.92 Å². The van der Waals surface area contributed by atoms with Gasteiger partial charge in [0, 0.05) is 31.7 Å². The van der Waals surface area contributed by atoms with E-state index in [1.807, 2.05) is 41.8 Å². The second-order valence-corrected chi connectivity index (χ2v) is 7.71. The number of nitrogens with zero attached hydrogens (tertiary/aromatic N) is 2. The van der Waals surface area contributed by atoms with Crippen LogP contribution in [0.3, 0.4) is 0 Å². The minimum atomic E-state index is -0.148. The van der Waals surface area contributed by atoms with E-state index in [0.717, 1.165) is 29.8 Å². The van der Waals surface area contributed by atoms with Gasteiger partial charge >= 0.3 is 0 Å². The van der Waals surface area contributed by atoms with Gasteiger partial charge < -0.3 is 9.80 Å². The zero-order valence-electron chi connectivity index (χ0n) is 14.2. The van der Waals surface area contributed by atoms with E-state index < -0.39 is 0 Å². The van der Waals surface area contributed by atoms with Gasteiger partial charge in [0.1, 0.15) is 0 Å². The average molecular weight is 377 g/mol. The lowest BCUT2D eigenvalue weighted by Crippen LogP contribution is -2.45. The van der Waals surface area contributed by atoms with Crippen molar-refractivity contribution < 1.29 is 9.59 Å². The number of carbonyl (C=O) groups is 2. The third kappa shape index (κ3) is 4.22. The highest BCUT2D eigenvalue weighted by Gasteiger charge is 2.31. The van der Waals surface area contributed by atoms with Crippen molar-refractivity contribution in [3.05, 3.63) is 57.2 Å². The number of thiophene rings is 1. The van der Waals surface area contributed by atoms with E-state index in [0.29, 0.717) is 18.1 Å². The Morgan fingerprint density at radius 2 is 2.08 bits per heavy atom. The number of rotatable bonds is 4. The van der Waals surface area contributed by atoms with Crippen molar-refractivity contribution in [3.63, 3.8) is 0 Å². The molecule has 2 aromatic rings. The van der Waals surface area contributed by atoms with Crippen LogP contribution in [0.15, 0.2) is 41.8 Å². The Balaban J connectivity index is 1.63. The first-order valence-electron chi connectivity index (χ1n) is 8.37. The minimum absolute atomic E-state index is 0.0289. The predicted molar refractivity (Wildman–Crippen MR) is 101 cm³/mol. The summed E-state index contributed by atoms with van der Waals surface area (Å²) in [6.45, 7) is 1.69. The number of likely N-dealkylation sites (tertiary alicyclic amines) is 1. The van der Waals surface area contributed by atoms with Crippen molar-refractivity contribution in [3.8, 4) is 0 Å². The average Bonchev–Trinajstić information content (AvgIpc) is 3.17. The molecule has 1 unspecified atom stereocenters. The van der Waals surface area contributed by atoms with Gasteiger partial charge in [0.25, 0.3) is 5.91 Å². The molecular formula is C19H21ClN2O2S. The summed E-state index contributed by atoms with van der Waals surface area (Å²) in [6, 6.07) is 11.3. The summed E-state index contributed by atoms with van der Waals surface area (Å²) in [5.41, 5.74) is 0.933. The largest absolute Gasteiger partial charge is 0.341 e. The molecule has 0 radical (unpaired) electrons. The van der Waals surface area contributed by atoms with Crippen LogP contribution in [0.4, 0.5) is 0 Å². The lowest BCUT2D eigenvalue weighted by Gasteiger charge is -2.34. The lowest BCUT2D eigenvalue weighted by molar-refractivity contribution is -0.136. The molecule has 1 aromatic heterocycles. The van der Waals surface area contributed by atoms with E-state index in [4.69, 9.17) is 11.6 Å². The van der Waals surface area contributed by atoms with Gasteiger partial charge in [-0.1, -0.05) is 35.9 Å². The molecule has 0 N–H and O–H groups in total. The van der Waals surface area contributed by atoms with Crippen LogP contribution in [0, 0.1) is 5.92 Å². The van der Waals surface area contributed by atoms with Crippen LogP contribution in [-0.4, -0.2) is 41.8 Å². The van der Waals surface area contributed by atoms with Gasteiger partial charge in [-0.05, 0) is 35.9 Å². The Morgan fingerprint density at radius 1 is 1.28 bits per heavy atom. The Kier molecular flexibility index (Phi) is 5.76. The number of hydrogen-bond donors (Lipinski definition) is 0. The Bertz CT molecular complexity index is 748. The van der Waals surface area contributed by atoms with E-state index in [9.17, 15) is 9.59 Å². The predicted octanol–water partition coefficient (Wildman–Crippen LogP) is 3.91. The van der Waals surface area contributed by atoms with Gasteiger partial charge in [-0.3, -0.25) is 9.59 Å². The fourth-order valence-electron chi connectivity index (χ4n) is 3.19. The number of piperidine rings is 1. The highest BCUT2D eigenvalue weighted by atomic mass is 35.5. The van der Waals surface area contributed by atoms with E-state index in [1.54, 1.807) is 16.8 Å². The maximum absolute atomic E-state index is 12.8. The second-order valence-electron chi connectivity index (χ2n) is 6.35. The molecule has 2 amide bonds. The summed E-state index contributed by atoms with van der Waals surface area (Å²) in [5, 5.41) is 2.57. The summed E-state index contributed by atoms with van der Waals surface area (Å²) >= 11 is 7.63. The smallest absolute Gasteiger partial charge is 0.263 e.